The van der Waals surface area contributed by atoms with Gasteiger partial charge in [0.2, 0.25) is 17.7 Å². The smallest absolute Gasteiger partial charge is 0.326 e. The number of carbonyl (C=O) groups excluding carboxylic acids is 3. The van der Waals surface area contributed by atoms with Gasteiger partial charge in [0.05, 0.1) is 6.04 Å². The van der Waals surface area contributed by atoms with Gasteiger partial charge in [0.25, 0.3) is 0 Å². The lowest BCUT2D eigenvalue weighted by Crippen LogP contribution is -2.57. The standard InChI is InChI=1S/C27H38N8O7/c28-27(29)31-12-4-8-20(26(41)42)34-25(40)21(13-15-14-32-17-6-2-1-5-16(15)17)35-24(39)19(9-10-22(36)37)33-23(38)18-7-3-11-30-18/h1-2,5-6,14,18-21,30,32H,3-4,7-13H2,(H,33,38)(H,34,40)(H,35,39)(H,36,37)(H,41,42)(H4,28,29,31). The first kappa shape index (κ1) is 31.9. The molecule has 0 spiro atoms. The molecule has 0 saturated carbocycles. The van der Waals surface area contributed by atoms with Crippen molar-refractivity contribution in [2.24, 2.45) is 16.5 Å². The monoisotopic (exact) mass is 586 g/mol. The van der Waals surface area contributed by atoms with Crippen LogP contribution in [0.4, 0.5) is 0 Å². The molecule has 3 amide bonds. The minimum Gasteiger partial charge on any atom is -0.481 e. The first-order chi connectivity index (χ1) is 20.0. The number of carboxylic acids is 2. The molecule has 1 aliphatic heterocycles. The Labute approximate surface area is 241 Å². The molecule has 0 bridgehead atoms. The van der Waals surface area contributed by atoms with Gasteiger partial charge in [0.15, 0.2) is 5.96 Å². The largest absolute Gasteiger partial charge is 0.481 e. The van der Waals surface area contributed by atoms with Crippen molar-refractivity contribution < 1.29 is 34.2 Å². The number of hydrogen-bond acceptors (Lipinski definition) is 7. The number of nitrogens with two attached hydrogens (primary N) is 2. The second-order valence-electron chi connectivity index (χ2n) is 10.1. The van der Waals surface area contributed by atoms with Crippen molar-refractivity contribution in [3.05, 3.63) is 36.0 Å². The third-order valence-electron chi connectivity index (χ3n) is 6.95. The van der Waals surface area contributed by atoms with E-state index in [1.54, 1.807) is 6.20 Å². The van der Waals surface area contributed by atoms with Crippen molar-refractivity contribution in [1.29, 1.82) is 0 Å². The average molecular weight is 587 g/mol. The molecule has 3 rings (SSSR count). The van der Waals surface area contributed by atoms with Gasteiger partial charge in [-0.3, -0.25) is 24.2 Å². The van der Waals surface area contributed by atoms with E-state index in [1.165, 1.54) is 0 Å². The first-order valence-corrected chi connectivity index (χ1v) is 13.7. The summed E-state index contributed by atoms with van der Waals surface area (Å²) in [7, 11) is 0. The fourth-order valence-corrected chi connectivity index (χ4v) is 4.75. The zero-order chi connectivity index (χ0) is 30.6. The minimum absolute atomic E-state index is 0.00823. The van der Waals surface area contributed by atoms with Crippen molar-refractivity contribution in [2.75, 3.05) is 13.1 Å². The van der Waals surface area contributed by atoms with Crippen LogP contribution in [0.5, 0.6) is 0 Å². The maximum atomic E-state index is 13.5. The Morgan fingerprint density at radius 2 is 1.69 bits per heavy atom. The molecule has 4 atom stereocenters. The molecule has 228 valence electrons. The van der Waals surface area contributed by atoms with Crippen LogP contribution >= 0.6 is 0 Å². The molecule has 0 radical (unpaired) electrons. The Morgan fingerprint density at radius 3 is 2.36 bits per heavy atom. The van der Waals surface area contributed by atoms with E-state index < -0.39 is 60.2 Å². The number of rotatable bonds is 16. The van der Waals surface area contributed by atoms with Gasteiger partial charge >= 0.3 is 11.9 Å². The quantitative estimate of drug-likeness (QED) is 0.0653. The highest BCUT2D eigenvalue weighted by molar-refractivity contribution is 5.95. The third kappa shape index (κ3) is 9.47. The summed E-state index contributed by atoms with van der Waals surface area (Å²) in [5.74, 6) is -4.53. The number of aromatic nitrogens is 1. The predicted molar refractivity (Wildman–Crippen MR) is 153 cm³/mol. The number of nitrogens with zero attached hydrogens (tertiary/aromatic N) is 1. The lowest BCUT2D eigenvalue weighted by atomic mass is 10.0. The van der Waals surface area contributed by atoms with Crippen molar-refractivity contribution >= 4 is 46.5 Å². The highest BCUT2D eigenvalue weighted by atomic mass is 16.4. The zero-order valence-electron chi connectivity index (χ0n) is 23.1. The van der Waals surface area contributed by atoms with E-state index in [1.807, 2.05) is 24.3 Å². The van der Waals surface area contributed by atoms with Crippen LogP contribution in [-0.4, -0.2) is 88.1 Å². The highest BCUT2D eigenvalue weighted by Crippen LogP contribution is 2.19. The summed E-state index contributed by atoms with van der Waals surface area (Å²) in [6.07, 6.45) is 2.74. The zero-order valence-corrected chi connectivity index (χ0v) is 23.1. The number of guanidine groups is 1. The first-order valence-electron chi connectivity index (χ1n) is 13.7. The second-order valence-corrected chi connectivity index (χ2v) is 10.1. The van der Waals surface area contributed by atoms with Crippen molar-refractivity contribution in [3.8, 4) is 0 Å². The fraction of sp³-hybridized carbons (Fsp3) is 0.481. The number of hydrogen-bond donors (Lipinski definition) is 9. The number of para-hydroxylation sites is 1. The molecule has 42 heavy (non-hydrogen) atoms. The SMILES string of the molecule is NC(N)=NCCCC(NC(=O)C(Cc1c[nH]c2ccccc12)NC(=O)C(CCC(=O)O)NC(=O)C1CCCN1)C(=O)O. The summed E-state index contributed by atoms with van der Waals surface area (Å²) in [5.41, 5.74) is 12.1. The third-order valence-corrected chi connectivity index (χ3v) is 6.95. The number of nitrogens with one attached hydrogen (secondary N) is 5. The van der Waals surface area contributed by atoms with Crippen LogP contribution in [0, 0.1) is 0 Å². The summed E-state index contributed by atoms with van der Waals surface area (Å²) in [5, 5.41) is 30.4. The molecule has 15 nitrogen and oxygen atoms in total. The number of H-pyrrole nitrogens is 1. The minimum atomic E-state index is -1.29. The number of aliphatic imine (C=N–C) groups is 1. The molecular weight excluding hydrogens is 548 g/mol. The summed E-state index contributed by atoms with van der Waals surface area (Å²) < 4.78 is 0. The molecule has 15 heteroatoms. The van der Waals surface area contributed by atoms with Crippen LogP contribution in [0.2, 0.25) is 0 Å². The van der Waals surface area contributed by atoms with Crippen LogP contribution < -0.4 is 32.7 Å². The predicted octanol–water partition coefficient (Wildman–Crippen LogP) is -1.08. The van der Waals surface area contributed by atoms with E-state index in [9.17, 15) is 34.2 Å². The molecule has 0 aliphatic carbocycles. The molecule has 2 heterocycles. The van der Waals surface area contributed by atoms with Gasteiger partial charge < -0.3 is 47.9 Å². The van der Waals surface area contributed by atoms with Crippen molar-refractivity contribution in [2.45, 2.75) is 69.1 Å². The van der Waals surface area contributed by atoms with Crippen LogP contribution in [0.25, 0.3) is 10.9 Å². The van der Waals surface area contributed by atoms with Crippen molar-refractivity contribution in [1.82, 2.24) is 26.3 Å². The van der Waals surface area contributed by atoms with Gasteiger partial charge in [-0.25, -0.2) is 4.79 Å². The maximum Gasteiger partial charge on any atom is 0.326 e. The Morgan fingerprint density at radius 1 is 0.976 bits per heavy atom. The average Bonchev–Trinajstić information content (AvgIpc) is 3.62. The summed E-state index contributed by atoms with van der Waals surface area (Å²) in [4.78, 5) is 69.7. The molecule has 1 aromatic carbocycles. The number of aliphatic carboxylic acids is 2. The van der Waals surface area contributed by atoms with Crippen LogP contribution in [0.15, 0.2) is 35.5 Å². The highest BCUT2D eigenvalue weighted by Gasteiger charge is 2.32. The topological polar surface area (TPSA) is 254 Å². The molecule has 1 aliphatic rings. The van der Waals surface area contributed by atoms with Gasteiger partial charge in [-0.2, -0.15) is 0 Å². The molecule has 1 saturated heterocycles. The lowest BCUT2D eigenvalue weighted by Gasteiger charge is -2.25. The van der Waals surface area contributed by atoms with Crippen LogP contribution in [-0.2, 0) is 30.4 Å². The summed E-state index contributed by atoms with van der Waals surface area (Å²) in [6.45, 7) is 0.811. The van der Waals surface area contributed by atoms with E-state index in [2.05, 4.69) is 31.2 Å². The number of aromatic amines is 1. The summed E-state index contributed by atoms with van der Waals surface area (Å²) in [6, 6.07) is 3.07. The Hall–Kier alpha value is -4.66. The Bertz CT molecular complexity index is 1300. The second kappa shape index (κ2) is 15.4. The van der Waals surface area contributed by atoms with E-state index in [-0.39, 0.29) is 38.2 Å². The molecular formula is C27H38N8O7. The molecule has 11 N–H and O–H groups in total. The van der Waals surface area contributed by atoms with E-state index in [4.69, 9.17) is 11.5 Å². The number of benzene rings is 1. The lowest BCUT2D eigenvalue weighted by molar-refractivity contribution is -0.142. The van der Waals surface area contributed by atoms with Gasteiger partial charge in [0, 0.05) is 36.5 Å². The Balaban J connectivity index is 1.81. The van der Waals surface area contributed by atoms with E-state index in [0.717, 1.165) is 17.3 Å². The molecule has 1 aromatic heterocycles. The number of amides is 3. The summed E-state index contributed by atoms with van der Waals surface area (Å²) >= 11 is 0. The van der Waals surface area contributed by atoms with Gasteiger partial charge in [0.1, 0.15) is 18.1 Å². The van der Waals surface area contributed by atoms with Gasteiger partial charge in [-0.1, -0.05) is 18.2 Å². The van der Waals surface area contributed by atoms with Gasteiger partial charge in [-0.05, 0) is 50.3 Å². The number of carbonyl (C=O) groups is 5. The van der Waals surface area contributed by atoms with Crippen molar-refractivity contribution in [3.63, 3.8) is 0 Å². The molecule has 1 fully saturated rings. The Kier molecular flexibility index (Phi) is 11.7. The van der Waals surface area contributed by atoms with E-state index in [0.29, 0.717) is 18.5 Å². The number of carboxylic acid groups (broad SMARTS) is 2. The molecule has 4 unspecified atom stereocenters. The molecule has 2 aromatic rings. The van der Waals surface area contributed by atoms with Gasteiger partial charge in [-0.15, -0.1) is 0 Å². The fourth-order valence-electron chi connectivity index (χ4n) is 4.75. The normalized spacial score (nSPS) is 16.6. The van der Waals surface area contributed by atoms with Crippen LogP contribution in [0.3, 0.4) is 0 Å². The maximum absolute atomic E-state index is 13.5. The van der Waals surface area contributed by atoms with Crippen LogP contribution in [0.1, 0.15) is 44.1 Å². The van der Waals surface area contributed by atoms with E-state index >= 15 is 0 Å². The number of fused-ring (bicyclic) bond motifs is 1.